The maximum Gasteiger partial charge on any atom is 0.269 e. The van der Waals surface area contributed by atoms with Gasteiger partial charge in [-0.3, -0.25) is 4.79 Å². The SMILES string of the molecule is CN(C)c1cccc(-c2ccc3c(C(N)=O)nn(-c4ccc(SOON)cc4)c3c2)c1. The number of hydrogen-bond acceptors (Lipinski definition) is 7. The van der Waals surface area contributed by atoms with Crippen molar-refractivity contribution in [3.05, 3.63) is 72.4 Å². The minimum Gasteiger partial charge on any atom is -0.378 e. The Bertz CT molecular complexity index is 1240. The van der Waals surface area contributed by atoms with Crippen molar-refractivity contribution in [1.82, 2.24) is 9.78 Å². The van der Waals surface area contributed by atoms with Gasteiger partial charge in [0.15, 0.2) is 5.69 Å². The maximum absolute atomic E-state index is 12.0. The molecular formula is C22H21N5O3S. The molecule has 1 aromatic heterocycles. The molecule has 8 nitrogen and oxygen atoms in total. The molecule has 31 heavy (non-hydrogen) atoms. The molecule has 3 aromatic carbocycles. The van der Waals surface area contributed by atoms with E-state index < -0.39 is 5.91 Å². The van der Waals surface area contributed by atoms with Gasteiger partial charge in [-0.1, -0.05) is 18.2 Å². The number of amides is 1. The number of hydrogen-bond donors (Lipinski definition) is 2. The Morgan fingerprint density at radius 1 is 1.03 bits per heavy atom. The molecule has 0 saturated carbocycles. The fourth-order valence-corrected chi connectivity index (χ4v) is 3.70. The lowest BCUT2D eigenvalue weighted by atomic mass is 10.0. The van der Waals surface area contributed by atoms with Gasteiger partial charge in [0.2, 0.25) is 0 Å². The first-order valence-corrected chi connectivity index (χ1v) is 10.1. The lowest BCUT2D eigenvalue weighted by Gasteiger charge is -2.14. The van der Waals surface area contributed by atoms with Crippen molar-refractivity contribution in [3.63, 3.8) is 0 Å². The fraction of sp³-hybridized carbons (Fsp3) is 0.0909. The summed E-state index contributed by atoms with van der Waals surface area (Å²) in [5, 5.41) is 5.18. The second-order valence-electron chi connectivity index (χ2n) is 7.04. The quantitative estimate of drug-likeness (QED) is 0.259. The van der Waals surface area contributed by atoms with Crippen LogP contribution in [0.5, 0.6) is 0 Å². The Hall–Kier alpha value is -3.37. The van der Waals surface area contributed by atoms with Crippen LogP contribution >= 0.6 is 12.0 Å². The topological polar surface area (TPSA) is 109 Å². The van der Waals surface area contributed by atoms with Crippen LogP contribution in [0, 0.1) is 0 Å². The Labute approximate surface area is 183 Å². The molecule has 4 aromatic rings. The zero-order chi connectivity index (χ0) is 22.0. The number of rotatable bonds is 7. The molecule has 4 N–H and O–H groups in total. The fourth-order valence-electron chi connectivity index (χ4n) is 3.34. The molecule has 0 bridgehead atoms. The zero-order valence-electron chi connectivity index (χ0n) is 17.0. The number of anilines is 1. The first kappa shape index (κ1) is 20.9. The third kappa shape index (κ3) is 4.25. The number of carbonyl (C=O) groups excluding carboxylic acids is 1. The summed E-state index contributed by atoms with van der Waals surface area (Å²) in [6, 6.07) is 21.5. The maximum atomic E-state index is 12.0. The Kier molecular flexibility index (Phi) is 5.92. The number of nitrogens with two attached hydrogens (primary N) is 2. The molecule has 0 aliphatic carbocycles. The van der Waals surface area contributed by atoms with Gasteiger partial charge < -0.3 is 10.6 Å². The van der Waals surface area contributed by atoms with Crippen LogP contribution in [0.2, 0.25) is 0 Å². The van der Waals surface area contributed by atoms with Gasteiger partial charge in [-0.15, -0.1) is 9.32 Å². The number of benzene rings is 3. The highest BCUT2D eigenvalue weighted by Gasteiger charge is 2.17. The van der Waals surface area contributed by atoms with Gasteiger partial charge in [0.1, 0.15) is 0 Å². The van der Waals surface area contributed by atoms with Crippen LogP contribution in [0.25, 0.3) is 27.7 Å². The minimum absolute atomic E-state index is 0.224. The summed E-state index contributed by atoms with van der Waals surface area (Å²) in [5.41, 5.74) is 10.5. The first-order chi connectivity index (χ1) is 15.0. The van der Waals surface area contributed by atoms with Crippen molar-refractivity contribution in [2.45, 2.75) is 4.90 Å². The molecule has 1 heterocycles. The lowest BCUT2D eigenvalue weighted by molar-refractivity contribution is -0.195. The van der Waals surface area contributed by atoms with E-state index in [4.69, 9.17) is 11.6 Å². The predicted molar refractivity (Wildman–Crippen MR) is 122 cm³/mol. The summed E-state index contributed by atoms with van der Waals surface area (Å²) in [5.74, 6) is 4.30. The van der Waals surface area contributed by atoms with E-state index in [1.165, 1.54) is 0 Å². The number of nitrogens with zero attached hydrogens (tertiary/aromatic N) is 3. The van der Waals surface area contributed by atoms with Crippen LogP contribution in [-0.2, 0) is 9.32 Å². The third-order valence-corrected chi connectivity index (χ3v) is 5.47. The van der Waals surface area contributed by atoms with Crippen LogP contribution in [0.15, 0.2) is 71.6 Å². The van der Waals surface area contributed by atoms with Gasteiger partial charge in [-0.25, -0.2) is 4.68 Å². The third-order valence-electron chi connectivity index (χ3n) is 4.86. The first-order valence-electron chi connectivity index (χ1n) is 9.39. The Morgan fingerprint density at radius 3 is 2.45 bits per heavy atom. The van der Waals surface area contributed by atoms with E-state index >= 15 is 0 Å². The van der Waals surface area contributed by atoms with Gasteiger partial charge in [0.05, 0.1) is 23.2 Å². The van der Waals surface area contributed by atoms with Crippen LogP contribution in [0.3, 0.4) is 0 Å². The van der Waals surface area contributed by atoms with Gasteiger partial charge in [0.25, 0.3) is 5.91 Å². The molecular weight excluding hydrogens is 414 g/mol. The molecule has 158 valence electrons. The molecule has 4 rings (SSSR count). The minimum atomic E-state index is -0.577. The highest BCUT2D eigenvalue weighted by molar-refractivity contribution is 7.94. The average molecular weight is 436 g/mol. The molecule has 0 saturated heterocycles. The number of aromatic nitrogens is 2. The monoisotopic (exact) mass is 435 g/mol. The van der Waals surface area contributed by atoms with Crippen molar-refractivity contribution < 1.29 is 14.1 Å². The molecule has 0 radical (unpaired) electrons. The molecule has 1 amide bonds. The Balaban J connectivity index is 1.82. The lowest BCUT2D eigenvalue weighted by Crippen LogP contribution is -2.12. The van der Waals surface area contributed by atoms with Gasteiger partial charge in [-0.05, 0) is 59.7 Å². The van der Waals surface area contributed by atoms with Crippen LogP contribution in [-0.4, -0.2) is 29.8 Å². The van der Waals surface area contributed by atoms with E-state index in [-0.39, 0.29) is 5.69 Å². The number of primary amides is 1. The molecule has 0 spiro atoms. The summed E-state index contributed by atoms with van der Waals surface area (Å²) in [4.78, 5) is 19.0. The van der Waals surface area contributed by atoms with Gasteiger partial charge >= 0.3 is 0 Å². The van der Waals surface area contributed by atoms with Crippen LogP contribution in [0.1, 0.15) is 10.5 Å². The molecule has 0 fully saturated rings. The van der Waals surface area contributed by atoms with E-state index in [9.17, 15) is 4.79 Å². The summed E-state index contributed by atoms with van der Waals surface area (Å²) >= 11 is 0.986. The molecule has 0 atom stereocenters. The zero-order valence-corrected chi connectivity index (χ0v) is 17.8. The van der Waals surface area contributed by atoms with Gasteiger partial charge in [-0.2, -0.15) is 11.0 Å². The van der Waals surface area contributed by atoms with Crippen LogP contribution in [0.4, 0.5) is 5.69 Å². The van der Waals surface area contributed by atoms with Crippen molar-refractivity contribution >= 4 is 34.5 Å². The largest absolute Gasteiger partial charge is 0.378 e. The summed E-state index contributed by atoms with van der Waals surface area (Å²) < 4.78 is 6.38. The van der Waals surface area contributed by atoms with Crippen molar-refractivity contribution in [2.75, 3.05) is 19.0 Å². The second-order valence-corrected chi connectivity index (χ2v) is 7.82. The summed E-state index contributed by atoms with van der Waals surface area (Å²) in [6.45, 7) is 0. The van der Waals surface area contributed by atoms with E-state index in [0.717, 1.165) is 45.0 Å². The average Bonchev–Trinajstić information content (AvgIpc) is 3.17. The molecule has 9 heteroatoms. The van der Waals surface area contributed by atoms with E-state index in [0.29, 0.717) is 5.39 Å². The molecule has 0 aliphatic heterocycles. The predicted octanol–water partition coefficient (Wildman–Crippen LogP) is 3.69. The number of carbonyl (C=O) groups is 1. The molecule has 0 aliphatic rings. The highest BCUT2D eigenvalue weighted by Crippen LogP contribution is 2.30. The van der Waals surface area contributed by atoms with E-state index in [1.54, 1.807) is 4.68 Å². The van der Waals surface area contributed by atoms with Crippen LogP contribution < -0.4 is 16.5 Å². The summed E-state index contributed by atoms with van der Waals surface area (Å²) in [6.07, 6.45) is 0. The van der Waals surface area contributed by atoms with E-state index in [1.807, 2.05) is 62.6 Å². The van der Waals surface area contributed by atoms with Gasteiger partial charge in [0, 0.05) is 30.1 Å². The normalized spacial score (nSPS) is 11.1. The standard InChI is InChI=1S/C22H21N5O3S/c1-26(2)17-5-3-4-14(12-17)15-6-11-19-20(13-15)27(25-21(19)22(23)28)16-7-9-18(10-8-16)31-30-29-24/h3-13H,24H2,1-2H3,(H2,23,28). The number of fused-ring (bicyclic) bond motifs is 1. The summed E-state index contributed by atoms with van der Waals surface area (Å²) in [7, 11) is 4.01. The van der Waals surface area contributed by atoms with Crippen molar-refractivity contribution in [2.24, 2.45) is 11.6 Å². The Morgan fingerprint density at radius 2 is 1.77 bits per heavy atom. The van der Waals surface area contributed by atoms with E-state index in [2.05, 4.69) is 37.5 Å². The second kappa shape index (κ2) is 8.78. The molecule has 0 unspecified atom stereocenters. The smallest absolute Gasteiger partial charge is 0.269 e. The highest BCUT2D eigenvalue weighted by atomic mass is 32.2. The van der Waals surface area contributed by atoms with Crippen molar-refractivity contribution in [1.29, 1.82) is 0 Å². The van der Waals surface area contributed by atoms with Crippen molar-refractivity contribution in [3.8, 4) is 16.8 Å².